The zero-order valence-corrected chi connectivity index (χ0v) is 6.38. The molecule has 58 valence electrons. The zero-order valence-electron chi connectivity index (χ0n) is 6.38. The van der Waals surface area contributed by atoms with Gasteiger partial charge in [-0.2, -0.15) is 0 Å². The van der Waals surface area contributed by atoms with Gasteiger partial charge in [0.2, 0.25) is 0 Å². The predicted molar refractivity (Wildman–Crippen MR) is 41.8 cm³/mol. The fourth-order valence-electron chi connectivity index (χ4n) is 0.438. The van der Waals surface area contributed by atoms with Crippen LogP contribution in [0.1, 0.15) is 6.92 Å². The summed E-state index contributed by atoms with van der Waals surface area (Å²) in [6.07, 6.45) is 5.32. The number of hydrogen-bond acceptors (Lipinski definition) is 2. The zero-order chi connectivity index (χ0) is 7.66. The Morgan fingerprint density at radius 3 is 2.80 bits per heavy atom. The van der Waals surface area contributed by atoms with Crippen LogP contribution < -0.4 is 0 Å². The van der Waals surface area contributed by atoms with Crippen molar-refractivity contribution in [3.05, 3.63) is 25.0 Å². The molecule has 2 nitrogen and oxygen atoms in total. The van der Waals surface area contributed by atoms with E-state index in [1.54, 1.807) is 0 Å². The van der Waals surface area contributed by atoms with Crippen molar-refractivity contribution >= 4 is 0 Å². The van der Waals surface area contributed by atoms with Gasteiger partial charge in [-0.3, -0.25) is 0 Å². The highest BCUT2D eigenvalue weighted by Crippen LogP contribution is 1.79. The molecule has 0 aromatic rings. The van der Waals surface area contributed by atoms with Gasteiger partial charge in [-0.15, -0.1) is 0 Å². The number of rotatable bonds is 6. The van der Waals surface area contributed by atoms with E-state index in [4.69, 9.17) is 9.47 Å². The summed E-state index contributed by atoms with van der Waals surface area (Å²) in [6, 6.07) is 0. The Morgan fingerprint density at radius 1 is 1.40 bits per heavy atom. The van der Waals surface area contributed by atoms with Gasteiger partial charge in [-0.05, 0) is 6.92 Å². The molecule has 0 aliphatic heterocycles. The van der Waals surface area contributed by atoms with E-state index in [1.165, 1.54) is 6.26 Å². The highest BCUT2D eigenvalue weighted by Gasteiger charge is 1.81. The van der Waals surface area contributed by atoms with E-state index < -0.39 is 0 Å². The van der Waals surface area contributed by atoms with Crippen molar-refractivity contribution < 1.29 is 9.47 Å². The van der Waals surface area contributed by atoms with Crippen LogP contribution in [0.2, 0.25) is 0 Å². The van der Waals surface area contributed by atoms with E-state index in [1.807, 2.05) is 19.1 Å². The second kappa shape index (κ2) is 8.24. The molecular weight excluding hydrogens is 128 g/mol. The Balaban J connectivity index is 2.83. The van der Waals surface area contributed by atoms with Gasteiger partial charge >= 0.3 is 0 Å². The lowest BCUT2D eigenvalue weighted by atomic mass is 10.5. The third-order valence-corrected chi connectivity index (χ3v) is 0.913. The minimum atomic E-state index is 0.584. The van der Waals surface area contributed by atoms with Crippen LogP contribution in [-0.4, -0.2) is 19.8 Å². The molecule has 0 fully saturated rings. The van der Waals surface area contributed by atoms with Crippen LogP contribution in [0.4, 0.5) is 0 Å². The molecule has 0 saturated heterocycles. The largest absolute Gasteiger partial charge is 0.499 e. The molecule has 10 heavy (non-hydrogen) atoms. The Morgan fingerprint density at radius 2 is 2.20 bits per heavy atom. The molecule has 0 saturated carbocycles. The third-order valence-electron chi connectivity index (χ3n) is 0.913. The normalized spacial score (nSPS) is 10.1. The minimum absolute atomic E-state index is 0.584. The smallest absolute Gasteiger partial charge is 0.111 e. The van der Waals surface area contributed by atoms with Gasteiger partial charge in [0.05, 0.1) is 19.5 Å². The minimum Gasteiger partial charge on any atom is -0.499 e. The summed E-state index contributed by atoms with van der Waals surface area (Å²) in [6.45, 7) is 7.23. The molecule has 0 aromatic heterocycles. The molecule has 2 heteroatoms. The van der Waals surface area contributed by atoms with Crippen LogP contribution in [0.5, 0.6) is 0 Å². The van der Waals surface area contributed by atoms with E-state index >= 15 is 0 Å². The first-order chi connectivity index (χ1) is 4.91. The second-order valence-electron chi connectivity index (χ2n) is 1.68. The van der Waals surface area contributed by atoms with Crippen molar-refractivity contribution in [2.24, 2.45) is 0 Å². The van der Waals surface area contributed by atoms with Gasteiger partial charge in [0.25, 0.3) is 0 Å². The molecule has 0 aliphatic rings. The summed E-state index contributed by atoms with van der Waals surface area (Å²) >= 11 is 0. The number of hydrogen-bond donors (Lipinski definition) is 0. The van der Waals surface area contributed by atoms with Crippen molar-refractivity contribution in [3.63, 3.8) is 0 Å². The second-order valence-corrected chi connectivity index (χ2v) is 1.68. The molecule has 0 bridgehead atoms. The highest BCUT2D eigenvalue weighted by atomic mass is 16.5. The van der Waals surface area contributed by atoms with Crippen molar-refractivity contribution in [2.45, 2.75) is 6.92 Å². The van der Waals surface area contributed by atoms with Crippen LogP contribution in [-0.2, 0) is 9.47 Å². The van der Waals surface area contributed by atoms with Crippen molar-refractivity contribution in [1.29, 1.82) is 0 Å². The maximum Gasteiger partial charge on any atom is 0.111 e. The van der Waals surface area contributed by atoms with Gasteiger partial charge < -0.3 is 9.47 Å². The summed E-state index contributed by atoms with van der Waals surface area (Å²) in [4.78, 5) is 0. The van der Waals surface area contributed by atoms with Crippen molar-refractivity contribution in [1.82, 2.24) is 0 Å². The number of allylic oxidation sites excluding steroid dienone is 1. The first-order valence-corrected chi connectivity index (χ1v) is 3.33. The summed E-state index contributed by atoms with van der Waals surface area (Å²) in [5.74, 6) is 0. The van der Waals surface area contributed by atoms with Crippen LogP contribution >= 0.6 is 0 Å². The van der Waals surface area contributed by atoms with E-state index in [9.17, 15) is 0 Å². The summed E-state index contributed by atoms with van der Waals surface area (Å²) in [5, 5.41) is 0. The third kappa shape index (κ3) is 7.24. The Labute approximate surface area is 62.1 Å². The Kier molecular flexibility index (Phi) is 7.61. The lowest BCUT2D eigenvalue weighted by molar-refractivity contribution is 0.103. The van der Waals surface area contributed by atoms with E-state index in [0.29, 0.717) is 19.8 Å². The van der Waals surface area contributed by atoms with Crippen LogP contribution in [0.25, 0.3) is 0 Å². The van der Waals surface area contributed by atoms with Crippen LogP contribution in [0.3, 0.4) is 0 Å². The molecule has 0 N–H and O–H groups in total. The first kappa shape index (κ1) is 9.24. The molecule has 0 amide bonds. The molecule has 0 heterocycles. The molecule has 0 unspecified atom stereocenters. The van der Waals surface area contributed by atoms with Gasteiger partial charge in [-0.1, -0.05) is 18.7 Å². The lowest BCUT2D eigenvalue weighted by Crippen LogP contribution is -2.00. The van der Waals surface area contributed by atoms with Gasteiger partial charge in [0, 0.05) is 0 Å². The molecule has 0 aliphatic carbocycles. The van der Waals surface area contributed by atoms with Gasteiger partial charge in [0.1, 0.15) is 6.61 Å². The van der Waals surface area contributed by atoms with Crippen LogP contribution in [0.15, 0.2) is 25.0 Å². The molecule has 0 spiro atoms. The van der Waals surface area contributed by atoms with E-state index in [-0.39, 0.29) is 0 Å². The van der Waals surface area contributed by atoms with Crippen molar-refractivity contribution in [3.8, 4) is 0 Å². The topological polar surface area (TPSA) is 18.5 Å². The molecular formula is C8H14O2. The standard InChI is InChI=1S/C8H14O2/c1-3-5-6-10-8-7-9-4-2/h3-5H,2,6-8H2,1H3. The molecule has 0 radical (unpaired) electrons. The Hall–Kier alpha value is -0.760. The Bertz CT molecular complexity index is 97.4. The first-order valence-electron chi connectivity index (χ1n) is 3.33. The average molecular weight is 142 g/mol. The maximum absolute atomic E-state index is 5.12. The van der Waals surface area contributed by atoms with Gasteiger partial charge in [0.15, 0.2) is 0 Å². The SMILES string of the molecule is C=COCCOCC=CC. The van der Waals surface area contributed by atoms with Gasteiger partial charge in [-0.25, -0.2) is 0 Å². The molecule has 0 rings (SSSR count). The summed E-state index contributed by atoms with van der Waals surface area (Å²) in [7, 11) is 0. The summed E-state index contributed by atoms with van der Waals surface area (Å²) < 4.78 is 9.95. The average Bonchev–Trinajstić information content (AvgIpc) is 1.97. The van der Waals surface area contributed by atoms with Crippen LogP contribution in [0, 0.1) is 0 Å². The van der Waals surface area contributed by atoms with Crippen molar-refractivity contribution in [2.75, 3.05) is 19.8 Å². The monoisotopic (exact) mass is 142 g/mol. The fourth-order valence-corrected chi connectivity index (χ4v) is 0.438. The maximum atomic E-state index is 5.12. The quantitative estimate of drug-likeness (QED) is 0.319. The highest BCUT2D eigenvalue weighted by molar-refractivity contribution is 4.75. The fraction of sp³-hybridized carbons (Fsp3) is 0.500. The van der Waals surface area contributed by atoms with E-state index in [2.05, 4.69) is 6.58 Å². The molecule has 0 aromatic carbocycles. The number of ether oxygens (including phenoxy) is 2. The summed E-state index contributed by atoms with van der Waals surface area (Å²) in [5.41, 5.74) is 0. The lowest BCUT2D eigenvalue weighted by Gasteiger charge is -1.99. The van der Waals surface area contributed by atoms with E-state index in [0.717, 1.165) is 0 Å². The predicted octanol–water partition coefficient (Wildman–Crippen LogP) is 1.74. The molecule has 0 atom stereocenters.